The van der Waals surface area contributed by atoms with Gasteiger partial charge in [-0.05, 0) is 158 Å². The predicted octanol–water partition coefficient (Wildman–Crippen LogP) is 13.0. The summed E-state index contributed by atoms with van der Waals surface area (Å²) in [6.45, 7) is 15.9. The average Bonchev–Trinajstić information content (AvgIpc) is 4.20. The van der Waals surface area contributed by atoms with Crippen molar-refractivity contribution >= 4 is 34.1 Å². The van der Waals surface area contributed by atoms with E-state index in [-0.39, 0.29) is 24.4 Å². The van der Waals surface area contributed by atoms with Gasteiger partial charge in [0, 0.05) is 34.1 Å². The van der Waals surface area contributed by atoms with Crippen LogP contribution in [0.15, 0.2) is 133 Å². The third kappa shape index (κ3) is 9.22. The molecule has 2 fully saturated rings. The van der Waals surface area contributed by atoms with E-state index in [2.05, 4.69) is 185 Å². The van der Waals surface area contributed by atoms with Crippen molar-refractivity contribution in [2.45, 2.75) is 78.8 Å². The van der Waals surface area contributed by atoms with Crippen molar-refractivity contribution in [1.29, 1.82) is 0 Å². The Bertz CT molecular complexity index is 2110. The minimum absolute atomic E-state index is 0.00221. The van der Waals surface area contributed by atoms with Gasteiger partial charge >= 0.3 is 0 Å². The Morgan fingerprint density at radius 1 is 0.483 bits per heavy atom. The number of hydrogen-bond donors (Lipinski definition) is 0. The molecule has 0 amide bonds. The fraction of sp³-hybridized carbons (Fsp3) is 0.308. The van der Waals surface area contributed by atoms with E-state index < -0.39 is 0 Å². The van der Waals surface area contributed by atoms with Gasteiger partial charge in [-0.3, -0.25) is 0 Å². The van der Waals surface area contributed by atoms with Crippen molar-refractivity contribution < 1.29 is 18.9 Å². The SMILES string of the molecule is CCc1ccc(N(c2ccc(C(C)OCC3CO3)cc2)c2ccc(-c3ccc(N(c4ccc(CC)cc4)c4ccc(C(C)OCC5CO5)cc4)cc3C)c(C)c2)cc1. The van der Waals surface area contributed by atoms with Crippen LogP contribution in [-0.2, 0) is 31.8 Å². The smallest absolute Gasteiger partial charge is 0.104 e. The lowest BCUT2D eigenvalue weighted by Gasteiger charge is -2.28. The maximum absolute atomic E-state index is 6.08. The molecular weight excluding hydrogens is 717 g/mol. The quantitative estimate of drug-likeness (QED) is 0.0861. The second-order valence-corrected chi connectivity index (χ2v) is 15.8. The number of benzene rings is 6. The normalized spacial score (nSPS) is 16.8. The van der Waals surface area contributed by atoms with Crippen LogP contribution in [0.1, 0.15) is 73.3 Å². The number of aryl methyl sites for hydroxylation is 4. The van der Waals surface area contributed by atoms with Gasteiger partial charge in [0.15, 0.2) is 0 Å². The Morgan fingerprint density at radius 2 is 0.793 bits per heavy atom. The molecule has 2 saturated heterocycles. The lowest BCUT2D eigenvalue weighted by molar-refractivity contribution is 0.0539. The van der Waals surface area contributed by atoms with Gasteiger partial charge in [0.25, 0.3) is 0 Å². The molecule has 298 valence electrons. The number of nitrogens with zero attached hydrogens (tertiary/aromatic N) is 2. The molecule has 6 heteroatoms. The summed E-state index contributed by atoms with van der Waals surface area (Å²) >= 11 is 0. The van der Waals surface area contributed by atoms with E-state index in [1.807, 2.05) is 0 Å². The molecule has 6 aromatic rings. The van der Waals surface area contributed by atoms with Crippen molar-refractivity contribution in [2.24, 2.45) is 0 Å². The summed E-state index contributed by atoms with van der Waals surface area (Å²) in [7, 11) is 0. The van der Waals surface area contributed by atoms with Gasteiger partial charge in [-0.1, -0.05) is 74.5 Å². The highest BCUT2D eigenvalue weighted by Gasteiger charge is 2.25. The molecule has 4 unspecified atom stereocenters. The maximum atomic E-state index is 6.08. The van der Waals surface area contributed by atoms with Crippen molar-refractivity contribution in [2.75, 3.05) is 36.2 Å². The summed E-state index contributed by atoms with van der Waals surface area (Å²) in [5.41, 5.74) is 16.5. The number of hydrogen-bond acceptors (Lipinski definition) is 6. The third-order valence-electron chi connectivity index (χ3n) is 11.5. The highest BCUT2D eigenvalue weighted by Crippen LogP contribution is 2.41. The van der Waals surface area contributed by atoms with Crippen LogP contribution in [0.5, 0.6) is 0 Å². The molecule has 2 heterocycles. The fourth-order valence-electron chi connectivity index (χ4n) is 7.65. The van der Waals surface area contributed by atoms with Gasteiger partial charge in [0.05, 0.1) is 38.6 Å². The molecule has 0 aliphatic carbocycles. The molecule has 0 aromatic heterocycles. The minimum Gasteiger partial charge on any atom is -0.371 e. The lowest BCUT2D eigenvalue weighted by atomic mass is 9.95. The van der Waals surface area contributed by atoms with Gasteiger partial charge in [-0.25, -0.2) is 0 Å². The molecule has 8 rings (SSSR count). The topological polar surface area (TPSA) is 50.0 Å². The summed E-state index contributed by atoms with van der Waals surface area (Å²) in [5, 5.41) is 0. The van der Waals surface area contributed by atoms with Crippen LogP contribution in [0.25, 0.3) is 11.1 Å². The largest absolute Gasteiger partial charge is 0.371 e. The van der Waals surface area contributed by atoms with Crippen molar-refractivity contribution in [3.63, 3.8) is 0 Å². The molecule has 58 heavy (non-hydrogen) atoms. The van der Waals surface area contributed by atoms with Gasteiger partial charge in [-0.15, -0.1) is 0 Å². The molecule has 6 aromatic carbocycles. The first-order chi connectivity index (χ1) is 28.3. The summed E-state index contributed by atoms with van der Waals surface area (Å²) in [6, 6.07) is 49.1. The Labute approximate surface area is 345 Å². The second-order valence-electron chi connectivity index (χ2n) is 15.8. The monoisotopic (exact) mass is 772 g/mol. The molecule has 0 N–H and O–H groups in total. The molecule has 6 nitrogen and oxygen atoms in total. The maximum Gasteiger partial charge on any atom is 0.104 e. The fourth-order valence-corrected chi connectivity index (χ4v) is 7.65. The third-order valence-corrected chi connectivity index (χ3v) is 11.5. The summed E-state index contributed by atoms with van der Waals surface area (Å²) in [6.07, 6.45) is 2.52. The average molecular weight is 773 g/mol. The molecule has 2 aliphatic heterocycles. The zero-order valence-electron chi connectivity index (χ0n) is 34.8. The predicted molar refractivity (Wildman–Crippen MR) is 238 cm³/mol. The number of anilines is 6. The van der Waals surface area contributed by atoms with Gasteiger partial charge in [-0.2, -0.15) is 0 Å². The second kappa shape index (κ2) is 17.7. The standard InChI is InChI=1S/C52H56N2O4/c1-7-39-9-17-43(18-10-39)53(45-21-13-41(14-22-45)37(5)55-31-49-33-57-49)47-25-27-51(35(3)29-47)52-28-26-48(30-36(52)4)54(44-19-11-40(8-2)12-20-44)46-23-15-42(16-24-46)38(6)56-32-50-34-58-50/h9-30,37-38,49-50H,7-8,31-34H2,1-6H3. The molecule has 0 bridgehead atoms. The highest BCUT2D eigenvalue weighted by atomic mass is 16.6. The molecular formula is C52H56N2O4. The molecule has 0 radical (unpaired) electrons. The zero-order valence-corrected chi connectivity index (χ0v) is 34.8. The Balaban J connectivity index is 1.08. The van der Waals surface area contributed by atoms with Crippen LogP contribution < -0.4 is 9.80 Å². The first-order valence-corrected chi connectivity index (χ1v) is 20.9. The van der Waals surface area contributed by atoms with Crippen LogP contribution in [-0.4, -0.2) is 38.6 Å². The Kier molecular flexibility index (Phi) is 12.1. The summed E-state index contributed by atoms with van der Waals surface area (Å²) in [4.78, 5) is 4.70. The van der Waals surface area contributed by atoms with Gasteiger partial charge in [0.1, 0.15) is 12.2 Å². The Morgan fingerprint density at radius 3 is 1.09 bits per heavy atom. The molecule has 0 saturated carbocycles. The van der Waals surface area contributed by atoms with Crippen LogP contribution in [0.4, 0.5) is 34.1 Å². The van der Waals surface area contributed by atoms with Crippen LogP contribution in [0.2, 0.25) is 0 Å². The van der Waals surface area contributed by atoms with Crippen molar-refractivity contribution in [3.8, 4) is 11.1 Å². The van der Waals surface area contributed by atoms with Crippen LogP contribution in [0, 0.1) is 13.8 Å². The van der Waals surface area contributed by atoms with Crippen molar-refractivity contribution in [3.05, 3.63) is 167 Å². The van der Waals surface area contributed by atoms with Crippen LogP contribution in [0.3, 0.4) is 0 Å². The van der Waals surface area contributed by atoms with Gasteiger partial charge < -0.3 is 28.7 Å². The first kappa shape index (κ1) is 39.6. The van der Waals surface area contributed by atoms with E-state index in [0.717, 1.165) is 71.3 Å². The molecule has 4 atom stereocenters. The van der Waals surface area contributed by atoms with E-state index in [1.165, 1.54) is 33.4 Å². The minimum atomic E-state index is 0.00221. The number of epoxide rings is 2. The van der Waals surface area contributed by atoms with E-state index >= 15 is 0 Å². The van der Waals surface area contributed by atoms with E-state index in [0.29, 0.717) is 13.2 Å². The lowest BCUT2D eigenvalue weighted by Crippen LogP contribution is -2.11. The molecule has 0 spiro atoms. The van der Waals surface area contributed by atoms with E-state index in [4.69, 9.17) is 18.9 Å². The number of ether oxygens (including phenoxy) is 4. The highest BCUT2D eigenvalue weighted by molar-refractivity contribution is 5.83. The van der Waals surface area contributed by atoms with E-state index in [1.54, 1.807) is 0 Å². The van der Waals surface area contributed by atoms with Gasteiger partial charge in [0.2, 0.25) is 0 Å². The number of rotatable bonds is 17. The van der Waals surface area contributed by atoms with Crippen molar-refractivity contribution in [1.82, 2.24) is 0 Å². The summed E-state index contributed by atoms with van der Waals surface area (Å²) < 4.78 is 22.9. The zero-order chi connectivity index (χ0) is 40.2. The Hall–Kier alpha value is -5.24. The van der Waals surface area contributed by atoms with Crippen LogP contribution >= 0.6 is 0 Å². The first-order valence-electron chi connectivity index (χ1n) is 20.9. The summed E-state index contributed by atoms with van der Waals surface area (Å²) in [5.74, 6) is 0. The molecule has 2 aliphatic rings. The van der Waals surface area contributed by atoms with E-state index in [9.17, 15) is 0 Å².